The van der Waals surface area contributed by atoms with Gasteiger partial charge in [0.15, 0.2) is 0 Å². The predicted molar refractivity (Wildman–Crippen MR) is 91.9 cm³/mol. The summed E-state index contributed by atoms with van der Waals surface area (Å²) >= 11 is 0. The summed E-state index contributed by atoms with van der Waals surface area (Å²) in [7, 11) is 2.07. The highest BCUT2D eigenvalue weighted by Crippen LogP contribution is 2.34. The van der Waals surface area contributed by atoms with Crippen LogP contribution < -0.4 is 5.63 Å². The molecular weight excluding hydrogens is 304 g/mol. The SMILES string of the molecule is Cn1cccc1[C@@H]1CCCN1Cc1cc(=O)oc2cc(O)ccc12. The molecular formula is C19H20N2O3. The first-order chi connectivity index (χ1) is 11.6. The van der Waals surface area contributed by atoms with Gasteiger partial charge in [0, 0.05) is 43.0 Å². The fourth-order valence-corrected chi connectivity index (χ4v) is 3.74. The molecule has 0 aliphatic carbocycles. The Morgan fingerprint density at radius 3 is 2.96 bits per heavy atom. The maximum Gasteiger partial charge on any atom is 0.336 e. The van der Waals surface area contributed by atoms with Crippen LogP contribution in [-0.2, 0) is 13.6 Å². The number of phenols is 1. The number of rotatable bonds is 3. The van der Waals surface area contributed by atoms with Crippen LogP contribution in [0.1, 0.15) is 30.1 Å². The molecule has 1 atom stereocenters. The number of nitrogens with zero attached hydrogens (tertiary/aromatic N) is 2. The van der Waals surface area contributed by atoms with E-state index < -0.39 is 0 Å². The second-order valence-electron chi connectivity index (χ2n) is 6.44. The van der Waals surface area contributed by atoms with Gasteiger partial charge in [-0.25, -0.2) is 4.79 Å². The maximum absolute atomic E-state index is 11.9. The molecule has 5 heteroatoms. The predicted octanol–water partition coefficient (Wildman–Crippen LogP) is 3.17. The lowest BCUT2D eigenvalue weighted by molar-refractivity contribution is 0.241. The van der Waals surface area contributed by atoms with Crippen molar-refractivity contribution in [3.8, 4) is 5.75 Å². The number of aromatic nitrogens is 1. The summed E-state index contributed by atoms with van der Waals surface area (Å²) in [6, 6.07) is 11.1. The average Bonchev–Trinajstić information content (AvgIpc) is 3.15. The lowest BCUT2D eigenvalue weighted by Crippen LogP contribution is -2.24. The van der Waals surface area contributed by atoms with Crippen LogP contribution >= 0.6 is 0 Å². The van der Waals surface area contributed by atoms with Crippen LogP contribution in [0.2, 0.25) is 0 Å². The summed E-state index contributed by atoms with van der Waals surface area (Å²) in [5, 5.41) is 10.5. The molecule has 3 aromatic rings. The third kappa shape index (κ3) is 2.61. The van der Waals surface area contributed by atoms with Gasteiger partial charge in [0.05, 0.1) is 6.04 Å². The molecule has 4 rings (SSSR count). The molecule has 0 unspecified atom stereocenters. The highest BCUT2D eigenvalue weighted by molar-refractivity contribution is 5.81. The van der Waals surface area contributed by atoms with E-state index in [9.17, 15) is 9.90 Å². The van der Waals surface area contributed by atoms with Crippen LogP contribution in [0.25, 0.3) is 11.0 Å². The summed E-state index contributed by atoms with van der Waals surface area (Å²) in [5.41, 5.74) is 2.31. The molecule has 1 saturated heterocycles. The number of aromatic hydroxyl groups is 1. The molecule has 0 bridgehead atoms. The lowest BCUT2D eigenvalue weighted by Gasteiger charge is -2.25. The van der Waals surface area contributed by atoms with Gasteiger partial charge >= 0.3 is 5.63 Å². The Labute approximate surface area is 139 Å². The number of aryl methyl sites for hydroxylation is 1. The number of hydrogen-bond acceptors (Lipinski definition) is 4. The van der Waals surface area contributed by atoms with Gasteiger partial charge in [-0.1, -0.05) is 0 Å². The van der Waals surface area contributed by atoms with E-state index in [0.29, 0.717) is 18.2 Å². The van der Waals surface area contributed by atoms with E-state index >= 15 is 0 Å². The van der Waals surface area contributed by atoms with Crippen LogP contribution in [0.4, 0.5) is 0 Å². The Balaban J connectivity index is 1.71. The molecule has 1 aromatic carbocycles. The monoisotopic (exact) mass is 324 g/mol. The summed E-state index contributed by atoms with van der Waals surface area (Å²) in [6.45, 7) is 1.71. The Hall–Kier alpha value is -2.53. The second-order valence-corrected chi connectivity index (χ2v) is 6.44. The van der Waals surface area contributed by atoms with Crippen molar-refractivity contribution < 1.29 is 9.52 Å². The first-order valence-corrected chi connectivity index (χ1v) is 8.23. The molecule has 1 N–H and O–H groups in total. The molecule has 1 aliphatic rings. The highest BCUT2D eigenvalue weighted by atomic mass is 16.4. The zero-order valence-corrected chi connectivity index (χ0v) is 13.6. The van der Waals surface area contributed by atoms with Crippen molar-refractivity contribution in [1.29, 1.82) is 0 Å². The van der Waals surface area contributed by atoms with Crippen LogP contribution in [0.3, 0.4) is 0 Å². The van der Waals surface area contributed by atoms with E-state index in [1.165, 1.54) is 11.8 Å². The smallest absolute Gasteiger partial charge is 0.336 e. The van der Waals surface area contributed by atoms with E-state index in [4.69, 9.17) is 4.42 Å². The zero-order chi connectivity index (χ0) is 16.7. The zero-order valence-electron chi connectivity index (χ0n) is 13.6. The lowest BCUT2D eigenvalue weighted by atomic mass is 10.1. The molecule has 1 fully saturated rings. The van der Waals surface area contributed by atoms with Gasteiger partial charge in [0.2, 0.25) is 0 Å². The van der Waals surface area contributed by atoms with Crippen molar-refractivity contribution >= 4 is 11.0 Å². The van der Waals surface area contributed by atoms with E-state index in [1.54, 1.807) is 12.1 Å². The van der Waals surface area contributed by atoms with Crippen molar-refractivity contribution in [2.75, 3.05) is 6.54 Å². The molecule has 3 heterocycles. The van der Waals surface area contributed by atoms with Crippen LogP contribution in [0.5, 0.6) is 5.75 Å². The Bertz CT molecular complexity index is 941. The first-order valence-electron chi connectivity index (χ1n) is 8.23. The van der Waals surface area contributed by atoms with Crippen molar-refractivity contribution in [3.05, 3.63) is 64.3 Å². The van der Waals surface area contributed by atoms with Crippen molar-refractivity contribution in [3.63, 3.8) is 0 Å². The molecule has 1 aliphatic heterocycles. The van der Waals surface area contributed by atoms with Gasteiger partial charge in [-0.15, -0.1) is 0 Å². The molecule has 0 saturated carbocycles. The van der Waals surface area contributed by atoms with Crippen molar-refractivity contribution in [2.45, 2.75) is 25.4 Å². The number of likely N-dealkylation sites (tertiary alicyclic amines) is 1. The largest absolute Gasteiger partial charge is 0.508 e. The minimum atomic E-state index is -0.377. The Morgan fingerprint density at radius 1 is 1.29 bits per heavy atom. The number of fused-ring (bicyclic) bond motifs is 1. The summed E-state index contributed by atoms with van der Waals surface area (Å²) in [4.78, 5) is 14.3. The van der Waals surface area contributed by atoms with Gasteiger partial charge in [-0.2, -0.15) is 0 Å². The highest BCUT2D eigenvalue weighted by Gasteiger charge is 2.28. The second kappa shape index (κ2) is 5.83. The summed E-state index contributed by atoms with van der Waals surface area (Å²) < 4.78 is 7.39. The molecule has 2 aromatic heterocycles. The van der Waals surface area contributed by atoms with Crippen LogP contribution in [-0.4, -0.2) is 21.1 Å². The van der Waals surface area contributed by atoms with Crippen LogP contribution in [0, 0.1) is 0 Å². The van der Waals surface area contributed by atoms with Gasteiger partial charge in [-0.05, 0) is 49.2 Å². The molecule has 124 valence electrons. The normalized spacial score (nSPS) is 18.5. The van der Waals surface area contributed by atoms with E-state index in [1.807, 2.05) is 6.07 Å². The van der Waals surface area contributed by atoms with E-state index in [0.717, 1.165) is 30.3 Å². The average molecular weight is 324 g/mol. The van der Waals surface area contributed by atoms with E-state index in [-0.39, 0.29) is 11.4 Å². The van der Waals surface area contributed by atoms with E-state index in [2.05, 4.69) is 34.8 Å². The molecule has 0 spiro atoms. The molecule has 0 radical (unpaired) electrons. The number of hydrogen-bond donors (Lipinski definition) is 1. The van der Waals surface area contributed by atoms with Crippen molar-refractivity contribution in [1.82, 2.24) is 9.47 Å². The third-order valence-corrected chi connectivity index (χ3v) is 4.88. The standard InChI is InChI=1S/C19H20N2O3/c1-20-8-2-4-16(20)17-5-3-9-21(17)12-13-10-19(23)24-18-11-14(22)6-7-15(13)18/h2,4,6-8,10-11,17,22H,3,5,9,12H2,1H3/t17-/m0/s1. The molecule has 24 heavy (non-hydrogen) atoms. The van der Waals surface area contributed by atoms with Crippen LogP contribution in [0.15, 0.2) is 51.8 Å². The number of benzene rings is 1. The van der Waals surface area contributed by atoms with Gasteiger partial charge in [0.1, 0.15) is 11.3 Å². The quantitative estimate of drug-likeness (QED) is 0.752. The van der Waals surface area contributed by atoms with Gasteiger partial charge < -0.3 is 14.1 Å². The molecule has 0 amide bonds. The minimum absolute atomic E-state index is 0.102. The Morgan fingerprint density at radius 2 is 2.17 bits per heavy atom. The topological polar surface area (TPSA) is 58.6 Å². The molecule has 5 nitrogen and oxygen atoms in total. The maximum atomic E-state index is 11.9. The van der Waals surface area contributed by atoms with Gasteiger partial charge in [-0.3, -0.25) is 4.90 Å². The van der Waals surface area contributed by atoms with Crippen molar-refractivity contribution in [2.24, 2.45) is 7.05 Å². The van der Waals surface area contributed by atoms with Gasteiger partial charge in [0.25, 0.3) is 0 Å². The first kappa shape index (κ1) is 15.0. The minimum Gasteiger partial charge on any atom is -0.508 e. The Kier molecular flexibility index (Phi) is 3.65. The summed E-state index contributed by atoms with van der Waals surface area (Å²) in [6.07, 6.45) is 4.34. The number of phenolic OH excluding ortho intramolecular Hbond substituents is 1. The fraction of sp³-hybridized carbons (Fsp3) is 0.316. The fourth-order valence-electron chi connectivity index (χ4n) is 3.74. The third-order valence-electron chi connectivity index (χ3n) is 4.88. The summed E-state index contributed by atoms with van der Waals surface area (Å²) in [5.74, 6) is 0.102.